The third kappa shape index (κ3) is 3.70. The van der Waals surface area contributed by atoms with E-state index in [1.807, 2.05) is 19.2 Å². The lowest BCUT2D eigenvalue weighted by Crippen LogP contribution is -2.34. The second kappa shape index (κ2) is 7.04. The van der Waals surface area contributed by atoms with Gasteiger partial charge in [-0.25, -0.2) is 0 Å². The zero-order valence-corrected chi connectivity index (χ0v) is 13.2. The summed E-state index contributed by atoms with van der Waals surface area (Å²) in [7, 11) is 1.97. The van der Waals surface area contributed by atoms with E-state index >= 15 is 0 Å². The fraction of sp³-hybridized carbons (Fsp3) is 0.571. The minimum atomic E-state index is -0.298. The monoisotopic (exact) mass is 341 g/mol. The van der Waals surface area contributed by atoms with E-state index < -0.39 is 0 Å². The van der Waals surface area contributed by atoms with Crippen LogP contribution in [0.15, 0.2) is 22.7 Å². The third-order valence-corrected chi connectivity index (χ3v) is 4.39. The van der Waals surface area contributed by atoms with Gasteiger partial charge in [-0.3, -0.25) is 10.1 Å². The Balaban J connectivity index is 2.05. The molecule has 1 aliphatic rings. The molecule has 0 radical (unpaired) electrons. The molecule has 0 unspecified atom stereocenters. The van der Waals surface area contributed by atoms with Crippen molar-refractivity contribution in [2.75, 3.05) is 31.6 Å². The molecule has 2 rings (SSSR count). The van der Waals surface area contributed by atoms with Gasteiger partial charge in [0.15, 0.2) is 0 Å². The molecule has 1 fully saturated rings. The zero-order valence-electron chi connectivity index (χ0n) is 11.6. The molecule has 0 amide bonds. The number of nitrogens with zero attached hydrogens (tertiary/aromatic N) is 2. The maximum atomic E-state index is 11.2. The number of anilines is 1. The maximum absolute atomic E-state index is 11.2. The quantitative estimate of drug-likeness (QED) is 0.660. The summed E-state index contributed by atoms with van der Waals surface area (Å²) in [6.45, 7) is 2.84. The van der Waals surface area contributed by atoms with E-state index in [-0.39, 0.29) is 10.6 Å². The van der Waals surface area contributed by atoms with Crippen LogP contribution in [0, 0.1) is 16.0 Å². The van der Waals surface area contributed by atoms with Crippen LogP contribution in [0.5, 0.6) is 0 Å². The highest BCUT2D eigenvalue weighted by Crippen LogP contribution is 2.34. The van der Waals surface area contributed by atoms with Crippen LogP contribution in [-0.2, 0) is 0 Å². The fourth-order valence-electron chi connectivity index (χ4n) is 2.72. The minimum absolute atomic E-state index is 0.188. The van der Waals surface area contributed by atoms with E-state index in [4.69, 9.17) is 0 Å². The summed E-state index contributed by atoms with van der Waals surface area (Å²) in [6.07, 6.45) is 3.40. The fourth-order valence-corrected chi connectivity index (χ4v) is 3.07. The van der Waals surface area contributed by atoms with Crippen LogP contribution in [0.1, 0.15) is 19.3 Å². The number of nitro groups is 1. The summed E-state index contributed by atoms with van der Waals surface area (Å²) in [5.74, 6) is 0.730. The lowest BCUT2D eigenvalue weighted by Gasteiger charge is -2.33. The molecular formula is C14H20BrN3O2. The highest BCUT2D eigenvalue weighted by molar-refractivity contribution is 9.10. The second-order valence-electron chi connectivity index (χ2n) is 5.21. The summed E-state index contributed by atoms with van der Waals surface area (Å²) in [6, 6.07) is 5.30. The van der Waals surface area contributed by atoms with Gasteiger partial charge in [0, 0.05) is 23.6 Å². The molecule has 0 spiro atoms. The van der Waals surface area contributed by atoms with Crippen molar-refractivity contribution in [2.45, 2.75) is 19.3 Å². The minimum Gasteiger partial charge on any atom is -0.366 e. The molecule has 1 aliphatic heterocycles. The summed E-state index contributed by atoms with van der Waals surface area (Å²) >= 11 is 3.30. The van der Waals surface area contributed by atoms with E-state index in [1.54, 1.807) is 6.07 Å². The van der Waals surface area contributed by atoms with Crippen molar-refractivity contribution in [1.29, 1.82) is 0 Å². The Labute approximate surface area is 127 Å². The van der Waals surface area contributed by atoms with Gasteiger partial charge in [0.05, 0.1) is 4.92 Å². The van der Waals surface area contributed by atoms with Gasteiger partial charge in [-0.1, -0.05) is 15.9 Å². The van der Waals surface area contributed by atoms with Gasteiger partial charge in [0.1, 0.15) is 5.69 Å². The van der Waals surface area contributed by atoms with Gasteiger partial charge in [0.25, 0.3) is 5.69 Å². The van der Waals surface area contributed by atoms with Gasteiger partial charge in [-0.2, -0.15) is 0 Å². The van der Waals surface area contributed by atoms with Crippen LogP contribution in [0.3, 0.4) is 0 Å². The smallest absolute Gasteiger partial charge is 0.293 e. The van der Waals surface area contributed by atoms with Crippen molar-refractivity contribution in [3.8, 4) is 0 Å². The number of rotatable bonds is 5. The Kier molecular flexibility index (Phi) is 5.37. The molecule has 1 saturated heterocycles. The van der Waals surface area contributed by atoms with E-state index in [9.17, 15) is 10.1 Å². The average Bonchev–Trinajstić information content (AvgIpc) is 2.45. The van der Waals surface area contributed by atoms with Crippen LogP contribution >= 0.6 is 15.9 Å². The third-order valence-electron chi connectivity index (χ3n) is 3.89. The highest BCUT2D eigenvalue weighted by Gasteiger charge is 2.24. The first-order valence-corrected chi connectivity index (χ1v) is 7.74. The van der Waals surface area contributed by atoms with Crippen molar-refractivity contribution in [3.63, 3.8) is 0 Å². The molecule has 5 nitrogen and oxygen atoms in total. The molecule has 1 aromatic carbocycles. The SMILES string of the molecule is CNCCC1CCN(c2ccc(Br)cc2[N+](=O)[O-])CC1. The Bertz CT molecular complexity index is 473. The topological polar surface area (TPSA) is 58.4 Å². The van der Waals surface area contributed by atoms with Gasteiger partial charge in [-0.15, -0.1) is 0 Å². The number of halogens is 1. The summed E-state index contributed by atoms with van der Waals surface area (Å²) in [5.41, 5.74) is 0.929. The lowest BCUT2D eigenvalue weighted by molar-refractivity contribution is -0.384. The second-order valence-corrected chi connectivity index (χ2v) is 6.13. The Hall–Kier alpha value is -1.14. The largest absolute Gasteiger partial charge is 0.366 e. The van der Waals surface area contributed by atoms with Gasteiger partial charge in [-0.05, 0) is 50.9 Å². The van der Waals surface area contributed by atoms with Gasteiger partial charge >= 0.3 is 0 Å². The molecule has 0 atom stereocenters. The average molecular weight is 342 g/mol. The van der Waals surface area contributed by atoms with E-state index in [2.05, 4.69) is 26.1 Å². The van der Waals surface area contributed by atoms with Crippen molar-refractivity contribution in [3.05, 3.63) is 32.8 Å². The van der Waals surface area contributed by atoms with Crippen LogP contribution in [0.2, 0.25) is 0 Å². The molecule has 110 valence electrons. The molecule has 0 bridgehead atoms. The molecule has 0 aromatic heterocycles. The molecule has 1 aromatic rings. The summed E-state index contributed by atoms with van der Waals surface area (Å²) in [4.78, 5) is 13.0. The Morgan fingerprint density at radius 3 is 2.75 bits per heavy atom. The first-order chi connectivity index (χ1) is 9.61. The number of nitrogens with one attached hydrogen (secondary N) is 1. The predicted molar refractivity (Wildman–Crippen MR) is 84.3 cm³/mol. The van der Waals surface area contributed by atoms with Crippen LogP contribution < -0.4 is 10.2 Å². The zero-order chi connectivity index (χ0) is 14.5. The number of nitro benzene ring substituents is 1. The number of hydrogen-bond acceptors (Lipinski definition) is 4. The van der Waals surface area contributed by atoms with Crippen molar-refractivity contribution in [1.82, 2.24) is 5.32 Å². The van der Waals surface area contributed by atoms with Crippen LogP contribution in [0.25, 0.3) is 0 Å². The van der Waals surface area contributed by atoms with E-state index in [0.717, 1.165) is 48.6 Å². The first kappa shape index (κ1) is 15.3. The molecule has 0 saturated carbocycles. The van der Waals surface area contributed by atoms with Crippen LogP contribution in [0.4, 0.5) is 11.4 Å². The lowest BCUT2D eigenvalue weighted by atomic mass is 9.93. The van der Waals surface area contributed by atoms with Crippen molar-refractivity contribution < 1.29 is 4.92 Å². The van der Waals surface area contributed by atoms with E-state index in [0.29, 0.717) is 0 Å². The molecule has 20 heavy (non-hydrogen) atoms. The predicted octanol–water partition coefficient (Wildman–Crippen LogP) is 3.18. The standard InChI is InChI=1S/C14H20BrN3O2/c1-16-7-4-11-5-8-17(9-6-11)13-3-2-12(15)10-14(13)18(19)20/h2-3,10-11,16H,4-9H2,1H3. The number of piperidine rings is 1. The van der Waals surface area contributed by atoms with Crippen molar-refractivity contribution >= 4 is 27.3 Å². The van der Waals surface area contributed by atoms with Gasteiger partial charge in [0.2, 0.25) is 0 Å². The Morgan fingerprint density at radius 2 is 2.15 bits per heavy atom. The number of hydrogen-bond donors (Lipinski definition) is 1. The summed E-state index contributed by atoms with van der Waals surface area (Å²) in [5, 5.41) is 14.4. The molecule has 6 heteroatoms. The molecular weight excluding hydrogens is 322 g/mol. The number of benzene rings is 1. The van der Waals surface area contributed by atoms with Gasteiger partial charge < -0.3 is 10.2 Å². The highest BCUT2D eigenvalue weighted by atomic mass is 79.9. The molecule has 1 heterocycles. The Morgan fingerprint density at radius 1 is 1.45 bits per heavy atom. The first-order valence-electron chi connectivity index (χ1n) is 6.95. The summed E-state index contributed by atoms with van der Waals surface area (Å²) < 4.78 is 0.747. The van der Waals surface area contributed by atoms with Crippen molar-refractivity contribution in [2.24, 2.45) is 5.92 Å². The maximum Gasteiger partial charge on any atom is 0.293 e. The molecule has 0 aliphatic carbocycles. The molecule has 1 N–H and O–H groups in total. The van der Waals surface area contributed by atoms with E-state index in [1.165, 1.54) is 6.42 Å². The normalized spacial score (nSPS) is 16.4. The van der Waals surface area contributed by atoms with Crippen LogP contribution in [-0.4, -0.2) is 31.6 Å².